The summed E-state index contributed by atoms with van der Waals surface area (Å²) in [5.41, 5.74) is 3.54. The molecule has 2 aliphatic rings. The van der Waals surface area contributed by atoms with Crippen molar-refractivity contribution in [2.24, 2.45) is 0 Å². The Bertz CT molecular complexity index is 1640. The van der Waals surface area contributed by atoms with Crippen LogP contribution in [0.3, 0.4) is 0 Å². The highest BCUT2D eigenvalue weighted by molar-refractivity contribution is 5.85. The van der Waals surface area contributed by atoms with Crippen LogP contribution in [0.1, 0.15) is 90.7 Å². The van der Waals surface area contributed by atoms with Gasteiger partial charge in [-0.3, -0.25) is 0 Å². The molecule has 2 aromatic heterocycles. The van der Waals surface area contributed by atoms with Crippen molar-refractivity contribution >= 4 is 18.4 Å². The number of carbonyl (C=O) groups excluding carboxylic acids is 1. The summed E-state index contributed by atoms with van der Waals surface area (Å²) in [7, 11) is 0. The van der Waals surface area contributed by atoms with Crippen LogP contribution >= 0.6 is 12.4 Å². The van der Waals surface area contributed by atoms with Gasteiger partial charge in [0.1, 0.15) is 0 Å². The Hall–Kier alpha value is -4.54. The van der Waals surface area contributed by atoms with E-state index in [1.807, 2.05) is 71.6 Å². The number of aromatic nitrogens is 4. The predicted molar refractivity (Wildman–Crippen MR) is 186 cm³/mol. The molecule has 2 aliphatic heterocycles. The Morgan fingerprint density at radius 2 is 1.29 bits per heavy atom. The van der Waals surface area contributed by atoms with Crippen LogP contribution < -0.4 is 10.6 Å². The third-order valence-corrected chi connectivity index (χ3v) is 8.58. The molecular weight excluding hydrogens is 626 g/mol. The van der Waals surface area contributed by atoms with Gasteiger partial charge >= 0.3 is 6.03 Å². The van der Waals surface area contributed by atoms with Gasteiger partial charge in [-0.1, -0.05) is 108 Å². The maximum Gasteiger partial charge on any atom is 0.318 e. The van der Waals surface area contributed by atoms with E-state index in [1.54, 1.807) is 0 Å². The highest BCUT2D eigenvalue weighted by Gasteiger charge is 2.31. The Labute approximate surface area is 288 Å². The van der Waals surface area contributed by atoms with Crippen molar-refractivity contribution in [3.05, 3.63) is 131 Å². The standard InChI is InChI=1S/C23H26N4O2.C14H17N3O.ClH/c28-23(24-15-14-18-9-3-1-4-10-18)27-16-8-7-13-20(27)22-25-21(29-26-22)17-19-11-5-2-6-12-19;1-2-6-11(7-3-1)10-13-16-14(17-18-13)12-8-4-5-9-15-12;/h1-6,9-12,20H,7-8,13-17H2,(H,24,28);1-3,6-7,12,15H,4-5,8-10H2;1H/t20-;12-;/m00./s1. The number of nitrogens with zero attached hydrogens (tertiary/aromatic N) is 5. The molecule has 11 heteroatoms. The first-order valence-corrected chi connectivity index (χ1v) is 16.8. The largest absolute Gasteiger partial charge is 0.339 e. The van der Waals surface area contributed by atoms with Crippen molar-refractivity contribution in [3.8, 4) is 0 Å². The van der Waals surface area contributed by atoms with E-state index in [1.165, 1.54) is 24.0 Å². The SMILES string of the molecule is Cl.O=C(NCCc1ccccc1)N1CCCC[C@H]1c1noc(Cc2ccccc2)n1.c1ccc(Cc2nc([C@@H]3CCCCN3)no2)cc1. The van der Waals surface area contributed by atoms with Crippen LogP contribution in [-0.2, 0) is 19.3 Å². The number of amides is 2. The number of urea groups is 1. The van der Waals surface area contributed by atoms with Crippen molar-refractivity contribution in [1.29, 1.82) is 0 Å². The molecule has 5 aromatic rings. The smallest absolute Gasteiger partial charge is 0.318 e. The molecule has 10 nitrogen and oxygen atoms in total. The summed E-state index contributed by atoms with van der Waals surface area (Å²) in [6, 6.07) is 30.5. The summed E-state index contributed by atoms with van der Waals surface area (Å²) < 4.78 is 10.8. The summed E-state index contributed by atoms with van der Waals surface area (Å²) in [5.74, 6) is 2.69. The number of likely N-dealkylation sites (tertiary alicyclic amines) is 1. The second-order valence-electron chi connectivity index (χ2n) is 12.1. The van der Waals surface area contributed by atoms with Crippen molar-refractivity contribution in [2.45, 2.75) is 69.9 Å². The maximum atomic E-state index is 12.8. The minimum absolute atomic E-state index is 0. The highest BCUT2D eigenvalue weighted by atomic mass is 35.5. The van der Waals surface area contributed by atoms with Gasteiger partial charge in [0.25, 0.3) is 0 Å². The van der Waals surface area contributed by atoms with Gasteiger partial charge in [-0.15, -0.1) is 12.4 Å². The Morgan fingerprint density at radius 1 is 0.729 bits per heavy atom. The number of hydrogen-bond acceptors (Lipinski definition) is 8. The van der Waals surface area contributed by atoms with E-state index in [2.05, 4.69) is 55.2 Å². The van der Waals surface area contributed by atoms with Crippen LogP contribution in [0.25, 0.3) is 0 Å². The average molecular weight is 670 g/mol. The lowest BCUT2D eigenvalue weighted by molar-refractivity contribution is 0.146. The first-order valence-electron chi connectivity index (χ1n) is 16.8. The zero-order chi connectivity index (χ0) is 32.1. The molecule has 2 saturated heterocycles. The van der Waals surface area contributed by atoms with Crippen LogP contribution in [0.15, 0.2) is 100 Å². The molecule has 0 saturated carbocycles. The number of halogens is 1. The monoisotopic (exact) mass is 669 g/mol. The number of hydrogen-bond donors (Lipinski definition) is 2. The lowest BCUT2D eigenvalue weighted by Gasteiger charge is -2.33. The third kappa shape index (κ3) is 9.98. The molecule has 0 unspecified atom stereocenters. The van der Waals surface area contributed by atoms with Gasteiger partial charge in [0.05, 0.1) is 24.9 Å². The van der Waals surface area contributed by atoms with E-state index in [0.717, 1.165) is 50.0 Å². The molecule has 2 amide bonds. The molecule has 3 aromatic carbocycles. The van der Waals surface area contributed by atoms with E-state index in [9.17, 15) is 4.79 Å². The topological polar surface area (TPSA) is 122 Å². The Balaban J connectivity index is 0.000000204. The van der Waals surface area contributed by atoms with Crippen LogP contribution in [-0.4, -0.2) is 50.8 Å². The molecule has 0 bridgehead atoms. The molecular formula is C37H44ClN7O3. The van der Waals surface area contributed by atoms with Gasteiger partial charge in [0, 0.05) is 13.1 Å². The minimum atomic E-state index is -0.131. The molecule has 48 heavy (non-hydrogen) atoms. The van der Waals surface area contributed by atoms with Crippen LogP contribution in [0.2, 0.25) is 0 Å². The summed E-state index contributed by atoms with van der Waals surface area (Å²) in [5, 5.41) is 14.8. The normalized spacial score (nSPS) is 17.5. The van der Waals surface area contributed by atoms with Gasteiger partial charge < -0.3 is 24.6 Å². The van der Waals surface area contributed by atoms with Gasteiger partial charge in [0.2, 0.25) is 11.8 Å². The third-order valence-electron chi connectivity index (χ3n) is 8.58. The zero-order valence-corrected chi connectivity index (χ0v) is 28.0. The molecule has 0 aliphatic carbocycles. The average Bonchev–Trinajstić information content (AvgIpc) is 3.80. The van der Waals surface area contributed by atoms with Crippen molar-refractivity contribution in [2.75, 3.05) is 19.6 Å². The van der Waals surface area contributed by atoms with Crippen LogP contribution in [0, 0.1) is 0 Å². The quantitative estimate of drug-likeness (QED) is 0.171. The van der Waals surface area contributed by atoms with Crippen LogP contribution in [0.5, 0.6) is 0 Å². The molecule has 0 radical (unpaired) electrons. The van der Waals surface area contributed by atoms with E-state index in [0.29, 0.717) is 43.5 Å². The first kappa shape index (κ1) is 34.8. The molecule has 2 N–H and O–H groups in total. The Morgan fingerprint density at radius 3 is 1.90 bits per heavy atom. The van der Waals surface area contributed by atoms with Crippen molar-refractivity contribution in [3.63, 3.8) is 0 Å². The second-order valence-corrected chi connectivity index (χ2v) is 12.1. The van der Waals surface area contributed by atoms with Gasteiger partial charge in [0.15, 0.2) is 11.6 Å². The summed E-state index contributed by atoms with van der Waals surface area (Å²) in [6.07, 6.45) is 8.61. The lowest BCUT2D eigenvalue weighted by atomic mass is 10.0. The number of nitrogens with one attached hydrogen (secondary N) is 2. The fourth-order valence-electron chi connectivity index (χ4n) is 6.07. The van der Waals surface area contributed by atoms with Gasteiger partial charge in [-0.2, -0.15) is 9.97 Å². The van der Waals surface area contributed by atoms with E-state index in [4.69, 9.17) is 9.05 Å². The minimum Gasteiger partial charge on any atom is -0.339 e. The number of carbonyl (C=O) groups is 1. The molecule has 252 valence electrons. The molecule has 7 rings (SSSR count). The van der Waals surface area contributed by atoms with Gasteiger partial charge in [-0.25, -0.2) is 4.79 Å². The molecule has 2 atom stereocenters. The summed E-state index contributed by atoms with van der Waals surface area (Å²) in [6.45, 7) is 2.37. The molecule has 4 heterocycles. The fourth-order valence-corrected chi connectivity index (χ4v) is 6.07. The lowest BCUT2D eigenvalue weighted by Crippen LogP contribution is -2.45. The predicted octanol–water partition coefficient (Wildman–Crippen LogP) is 7.04. The van der Waals surface area contributed by atoms with Crippen molar-refractivity contribution < 1.29 is 13.8 Å². The van der Waals surface area contributed by atoms with E-state index >= 15 is 0 Å². The maximum absolute atomic E-state index is 12.8. The number of benzene rings is 3. The van der Waals surface area contributed by atoms with Gasteiger partial charge in [-0.05, 0) is 61.8 Å². The molecule has 2 fully saturated rings. The summed E-state index contributed by atoms with van der Waals surface area (Å²) in [4.78, 5) is 23.7. The number of rotatable bonds is 9. The van der Waals surface area contributed by atoms with E-state index < -0.39 is 0 Å². The highest BCUT2D eigenvalue weighted by Crippen LogP contribution is 2.29. The zero-order valence-electron chi connectivity index (χ0n) is 27.2. The molecule has 0 spiro atoms. The first-order chi connectivity index (χ1) is 23.2. The van der Waals surface area contributed by atoms with E-state index in [-0.39, 0.29) is 30.5 Å². The fraction of sp³-hybridized carbons (Fsp3) is 0.378. The van der Waals surface area contributed by atoms with Crippen molar-refractivity contribution in [1.82, 2.24) is 35.8 Å². The number of piperidine rings is 2. The second kappa shape index (κ2) is 18.1. The Kier molecular flexibility index (Phi) is 13.1. The van der Waals surface area contributed by atoms with Crippen LogP contribution in [0.4, 0.5) is 4.79 Å². The summed E-state index contributed by atoms with van der Waals surface area (Å²) >= 11 is 0.